The third-order valence-electron chi connectivity index (χ3n) is 4.96. The van der Waals surface area contributed by atoms with Crippen molar-refractivity contribution in [3.05, 3.63) is 35.9 Å². The summed E-state index contributed by atoms with van der Waals surface area (Å²) in [6.07, 6.45) is 3.86. The molecule has 0 saturated heterocycles. The first-order valence-corrected chi connectivity index (χ1v) is 5.92. The molecule has 76 valence electrons. The van der Waals surface area contributed by atoms with Crippen LogP contribution in [0.4, 0.5) is 0 Å². The Kier molecular flexibility index (Phi) is 1.26. The van der Waals surface area contributed by atoms with Crippen LogP contribution in [0.5, 0.6) is 0 Å². The van der Waals surface area contributed by atoms with Crippen LogP contribution in [0, 0.1) is 23.2 Å². The highest BCUT2D eigenvalue weighted by atomic mass is 16.1. The summed E-state index contributed by atoms with van der Waals surface area (Å²) in [5.74, 6) is 2.84. The van der Waals surface area contributed by atoms with E-state index in [4.69, 9.17) is 0 Å². The first kappa shape index (κ1) is 8.09. The summed E-state index contributed by atoms with van der Waals surface area (Å²) in [4.78, 5) is 12.4. The largest absolute Gasteiger partial charge is 0.294 e. The predicted molar refractivity (Wildman–Crippen MR) is 57.5 cm³/mol. The van der Waals surface area contributed by atoms with Gasteiger partial charge in [0.15, 0.2) is 5.78 Å². The van der Waals surface area contributed by atoms with Crippen LogP contribution in [-0.4, -0.2) is 5.78 Å². The third-order valence-corrected chi connectivity index (χ3v) is 4.96. The molecule has 1 heteroatoms. The van der Waals surface area contributed by atoms with E-state index in [-0.39, 0.29) is 5.41 Å². The lowest BCUT2D eigenvalue weighted by atomic mass is 9.92. The minimum absolute atomic E-state index is 0.117. The van der Waals surface area contributed by atoms with Gasteiger partial charge in [-0.3, -0.25) is 4.79 Å². The lowest BCUT2D eigenvalue weighted by molar-refractivity contribution is 0.0890. The molecule has 15 heavy (non-hydrogen) atoms. The average Bonchev–Trinajstić information content (AvgIpc) is 2.78. The Bertz CT molecular complexity index is 422. The van der Waals surface area contributed by atoms with Crippen LogP contribution in [0.3, 0.4) is 0 Å². The zero-order chi connectivity index (χ0) is 10.0. The maximum atomic E-state index is 12.4. The summed E-state index contributed by atoms with van der Waals surface area (Å²) in [7, 11) is 0. The van der Waals surface area contributed by atoms with Crippen LogP contribution in [0.1, 0.15) is 29.6 Å². The number of carbonyl (C=O) groups is 1. The van der Waals surface area contributed by atoms with Crippen LogP contribution >= 0.6 is 0 Å². The van der Waals surface area contributed by atoms with E-state index in [0.717, 1.165) is 23.3 Å². The van der Waals surface area contributed by atoms with Gasteiger partial charge in [-0.25, -0.2) is 0 Å². The number of carbonyl (C=O) groups excluding carboxylic acids is 1. The molecule has 2 atom stereocenters. The fraction of sp³-hybridized carbons (Fsp3) is 0.500. The van der Waals surface area contributed by atoms with Crippen molar-refractivity contribution in [2.75, 3.05) is 0 Å². The third kappa shape index (κ3) is 0.794. The Balaban J connectivity index is 1.74. The maximum absolute atomic E-state index is 12.4. The minimum Gasteiger partial charge on any atom is -0.294 e. The number of hydrogen-bond donors (Lipinski definition) is 0. The fourth-order valence-electron chi connectivity index (χ4n) is 4.40. The highest BCUT2D eigenvalue weighted by Gasteiger charge is 2.77. The molecular weight excluding hydrogens is 184 g/mol. The van der Waals surface area contributed by atoms with Crippen molar-refractivity contribution < 1.29 is 4.79 Å². The number of hydrogen-bond acceptors (Lipinski definition) is 1. The standard InChI is InChI=1S/C14H14O/c15-13(10-4-2-1-3-5-10)14-8-9-6-11(14)12(14)7-9/h1-5,9,11-12H,6-8H2/t9?,11-,12-,14?/m1/s1. The van der Waals surface area contributed by atoms with Crippen LogP contribution in [0.15, 0.2) is 30.3 Å². The van der Waals surface area contributed by atoms with Gasteiger partial charge in [-0.15, -0.1) is 0 Å². The van der Waals surface area contributed by atoms with Crippen LogP contribution in [0.2, 0.25) is 0 Å². The van der Waals surface area contributed by atoms with E-state index in [1.807, 2.05) is 30.3 Å². The molecule has 0 unspecified atom stereocenters. The Morgan fingerprint density at radius 2 is 1.80 bits per heavy atom. The maximum Gasteiger partial charge on any atom is 0.169 e. The van der Waals surface area contributed by atoms with Crippen LogP contribution in [-0.2, 0) is 0 Å². The molecule has 4 aliphatic rings. The molecule has 0 amide bonds. The molecular formula is C14H14O. The first-order chi connectivity index (χ1) is 7.32. The summed E-state index contributed by atoms with van der Waals surface area (Å²) in [6, 6.07) is 9.87. The van der Waals surface area contributed by atoms with E-state index in [9.17, 15) is 4.79 Å². The lowest BCUT2D eigenvalue weighted by Gasteiger charge is -2.09. The van der Waals surface area contributed by atoms with Crippen molar-refractivity contribution >= 4 is 5.78 Å². The zero-order valence-corrected chi connectivity index (χ0v) is 8.65. The number of Topliss-reactive ketones (excluding diaryl/α,β-unsaturated/α-hetero) is 1. The number of ketones is 1. The summed E-state index contributed by atoms with van der Waals surface area (Å²) in [5.41, 5.74) is 1.05. The summed E-state index contributed by atoms with van der Waals surface area (Å²) in [5, 5.41) is 0. The number of benzene rings is 1. The van der Waals surface area contributed by atoms with Crippen molar-refractivity contribution in [1.29, 1.82) is 0 Å². The van der Waals surface area contributed by atoms with E-state index in [0.29, 0.717) is 5.78 Å². The van der Waals surface area contributed by atoms with Gasteiger partial charge in [0.1, 0.15) is 0 Å². The van der Waals surface area contributed by atoms with Gasteiger partial charge in [0.05, 0.1) is 0 Å². The van der Waals surface area contributed by atoms with Gasteiger partial charge in [-0.05, 0) is 37.0 Å². The van der Waals surface area contributed by atoms with E-state index in [1.54, 1.807) is 0 Å². The monoisotopic (exact) mass is 198 g/mol. The van der Waals surface area contributed by atoms with E-state index >= 15 is 0 Å². The van der Waals surface area contributed by atoms with E-state index < -0.39 is 0 Å². The Morgan fingerprint density at radius 3 is 2.33 bits per heavy atom. The van der Waals surface area contributed by atoms with E-state index in [2.05, 4.69) is 0 Å². The van der Waals surface area contributed by atoms with Gasteiger partial charge < -0.3 is 0 Å². The van der Waals surface area contributed by atoms with Crippen molar-refractivity contribution in [2.24, 2.45) is 23.2 Å². The van der Waals surface area contributed by atoms with Gasteiger partial charge in [0.2, 0.25) is 0 Å². The molecule has 4 saturated carbocycles. The molecule has 1 nitrogen and oxygen atoms in total. The second-order valence-electron chi connectivity index (χ2n) is 5.49. The van der Waals surface area contributed by atoms with Gasteiger partial charge in [-0.1, -0.05) is 30.3 Å². The Hall–Kier alpha value is -1.11. The lowest BCUT2D eigenvalue weighted by Crippen LogP contribution is -2.15. The molecule has 0 radical (unpaired) electrons. The predicted octanol–water partition coefficient (Wildman–Crippen LogP) is 2.92. The average molecular weight is 198 g/mol. The summed E-state index contributed by atoms with van der Waals surface area (Å²) >= 11 is 0. The van der Waals surface area contributed by atoms with Crippen molar-refractivity contribution in [2.45, 2.75) is 19.3 Å². The molecule has 1 aromatic rings. The Morgan fingerprint density at radius 1 is 1.13 bits per heavy atom. The van der Waals surface area contributed by atoms with Gasteiger partial charge in [0, 0.05) is 11.0 Å². The van der Waals surface area contributed by atoms with Crippen LogP contribution < -0.4 is 0 Å². The van der Waals surface area contributed by atoms with Crippen molar-refractivity contribution in [1.82, 2.24) is 0 Å². The number of rotatable bonds is 2. The molecule has 4 bridgehead atoms. The molecule has 0 heterocycles. The fourth-order valence-corrected chi connectivity index (χ4v) is 4.40. The topological polar surface area (TPSA) is 17.1 Å². The SMILES string of the molecule is O=C(c1ccccc1)C12CC3C[C@@H]1[C@H]2C3. The van der Waals surface area contributed by atoms with Crippen molar-refractivity contribution in [3.63, 3.8) is 0 Å². The molecule has 5 rings (SSSR count). The minimum atomic E-state index is 0.117. The van der Waals surface area contributed by atoms with Crippen LogP contribution in [0.25, 0.3) is 0 Å². The highest BCUT2D eigenvalue weighted by molar-refractivity contribution is 6.03. The normalized spacial score (nSPS) is 44.4. The quantitative estimate of drug-likeness (QED) is 0.668. The zero-order valence-electron chi connectivity index (χ0n) is 8.65. The Labute approximate surface area is 89.5 Å². The second kappa shape index (κ2) is 2.34. The molecule has 4 fully saturated rings. The highest BCUT2D eigenvalue weighted by Crippen LogP contribution is 2.79. The summed E-state index contributed by atoms with van der Waals surface area (Å²) < 4.78 is 0. The van der Waals surface area contributed by atoms with Crippen molar-refractivity contribution in [3.8, 4) is 0 Å². The molecule has 0 spiro atoms. The molecule has 4 aliphatic carbocycles. The first-order valence-electron chi connectivity index (χ1n) is 5.92. The summed E-state index contributed by atoms with van der Waals surface area (Å²) in [6.45, 7) is 0. The van der Waals surface area contributed by atoms with Gasteiger partial charge in [0.25, 0.3) is 0 Å². The van der Waals surface area contributed by atoms with E-state index in [1.165, 1.54) is 19.3 Å². The molecule has 0 aromatic heterocycles. The van der Waals surface area contributed by atoms with Gasteiger partial charge >= 0.3 is 0 Å². The molecule has 0 N–H and O–H groups in total. The smallest absolute Gasteiger partial charge is 0.169 e. The second-order valence-corrected chi connectivity index (χ2v) is 5.49. The molecule has 1 aromatic carbocycles. The molecule has 0 aliphatic heterocycles. The van der Waals surface area contributed by atoms with Gasteiger partial charge in [-0.2, -0.15) is 0 Å².